The van der Waals surface area contributed by atoms with E-state index in [1.54, 1.807) is 10.7 Å². The van der Waals surface area contributed by atoms with Crippen LogP contribution in [0.4, 0.5) is 10.2 Å². The Kier molecular flexibility index (Phi) is 4.03. The number of benzene rings is 1. The Morgan fingerprint density at radius 3 is 2.54 bits per heavy atom. The Labute approximate surface area is 160 Å². The second kappa shape index (κ2) is 6.70. The fourth-order valence-corrected chi connectivity index (χ4v) is 3.76. The van der Waals surface area contributed by atoms with Gasteiger partial charge in [-0.2, -0.15) is 5.10 Å². The third kappa shape index (κ3) is 3.00. The van der Waals surface area contributed by atoms with E-state index >= 15 is 0 Å². The van der Waals surface area contributed by atoms with Crippen molar-refractivity contribution < 1.29 is 8.91 Å². The summed E-state index contributed by atoms with van der Waals surface area (Å²) in [4.78, 5) is 2.21. The zero-order valence-corrected chi connectivity index (χ0v) is 15.4. The predicted octanol–water partition coefficient (Wildman–Crippen LogP) is 3.64. The molecule has 1 aliphatic rings. The van der Waals surface area contributed by atoms with Crippen LogP contribution in [0.5, 0.6) is 0 Å². The van der Waals surface area contributed by atoms with E-state index in [2.05, 4.69) is 25.4 Å². The highest BCUT2D eigenvalue weighted by molar-refractivity contribution is 5.80. The SMILES string of the molecule is Cc1ccn(-c2ccc(N3CCC(c4noc5ccc(F)cc45)CC3)nn2)n1. The molecule has 0 atom stereocenters. The number of hydrogen-bond acceptors (Lipinski definition) is 6. The van der Waals surface area contributed by atoms with E-state index < -0.39 is 0 Å². The summed E-state index contributed by atoms with van der Waals surface area (Å²) in [7, 11) is 0. The maximum atomic E-state index is 13.6. The first-order valence-electron chi connectivity index (χ1n) is 9.33. The van der Waals surface area contributed by atoms with Crippen molar-refractivity contribution in [2.75, 3.05) is 18.0 Å². The Bertz CT molecular complexity index is 1110. The summed E-state index contributed by atoms with van der Waals surface area (Å²) in [6.45, 7) is 3.61. The highest BCUT2D eigenvalue weighted by Crippen LogP contribution is 2.33. The molecule has 5 rings (SSSR count). The molecule has 0 amide bonds. The molecule has 0 unspecified atom stereocenters. The Hall–Kier alpha value is -3.29. The van der Waals surface area contributed by atoms with E-state index in [0.717, 1.165) is 48.5 Å². The third-order valence-corrected chi connectivity index (χ3v) is 5.26. The highest BCUT2D eigenvalue weighted by atomic mass is 19.1. The molecule has 1 aromatic carbocycles. The van der Waals surface area contributed by atoms with Crippen LogP contribution in [0.1, 0.15) is 30.1 Å². The summed E-state index contributed by atoms with van der Waals surface area (Å²) in [5, 5.41) is 18.0. The maximum absolute atomic E-state index is 13.6. The number of aryl methyl sites for hydroxylation is 1. The van der Waals surface area contributed by atoms with Gasteiger partial charge in [-0.3, -0.25) is 0 Å². The number of anilines is 1. The molecule has 7 nitrogen and oxygen atoms in total. The molecule has 0 radical (unpaired) electrons. The molecule has 4 heterocycles. The Balaban J connectivity index is 1.29. The van der Waals surface area contributed by atoms with Crippen molar-refractivity contribution in [1.82, 2.24) is 25.1 Å². The standard InChI is InChI=1S/C20H19FN6O/c1-13-6-11-27(24-13)19-5-4-18(22-23-19)26-9-7-14(8-10-26)20-16-12-15(21)2-3-17(16)28-25-20/h2-6,11-12,14H,7-10H2,1H3. The molecule has 142 valence electrons. The number of aromatic nitrogens is 5. The van der Waals surface area contributed by atoms with Gasteiger partial charge in [0.05, 0.1) is 11.4 Å². The van der Waals surface area contributed by atoms with E-state index in [1.807, 2.05) is 31.3 Å². The van der Waals surface area contributed by atoms with Gasteiger partial charge in [0, 0.05) is 30.6 Å². The minimum atomic E-state index is -0.267. The van der Waals surface area contributed by atoms with E-state index in [9.17, 15) is 4.39 Å². The molecule has 4 aromatic rings. The largest absolute Gasteiger partial charge is 0.356 e. The molecule has 1 aliphatic heterocycles. The van der Waals surface area contributed by atoms with Gasteiger partial charge in [0.15, 0.2) is 17.2 Å². The van der Waals surface area contributed by atoms with Gasteiger partial charge in [-0.05, 0) is 56.2 Å². The van der Waals surface area contributed by atoms with Gasteiger partial charge >= 0.3 is 0 Å². The van der Waals surface area contributed by atoms with Gasteiger partial charge in [0.2, 0.25) is 0 Å². The molecule has 0 aliphatic carbocycles. The van der Waals surface area contributed by atoms with Gasteiger partial charge in [0.1, 0.15) is 5.82 Å². The molecule has 8 heteroatoms. The van der Waals surface area contributed by atoms with Crippen LogP contribution in [-0.2, 0) is 0 Å². The zero-order chi connectivity index (χ0) is 19.1. The summed E-state index contributed by atoms with van der Waals surface area (Å²) in [6, 6.07) is 10.4. The first-order valence-corrected chi connectivity index (χ1v) is 9.33. The van der Waals surface area contributed by atoms with Crippen molar-refractivity contribution in [2.45, 2.75) is 25.7 Å². The van der Waals surface area contributed by atoms with Gasteiger partial charge in [-0.15, -0.1) is 10.2 Å². The van der Waals surface area contributed by atoms with E-state index in [4.69, 9.17) is 4.52 Å². The highest BCUT2D eigenvalue weighted by Gasteiger charge is 2.26. The minimum Gasteiger partial charge on any atom is -0.356 e. The van der Waals surface area contributed by atoms with Gasteiger partial charge in [-0.25, -0.2) is 9.07 Å². The summed E-state index contributed by atoms with van der Waals surface area (Å²) >= 11 is 0. The molecule has 3 aromatic heterocycles. The van der Waals surface area contributed by atoms with Gasteiger partial charge in [0.25, 0.3) is 0 Å². The van der Waals surface area contributed by atoms with Gasteiger partial charge < -0.3 is 9.42 Å². The molecule has 1 fully saturated rings. The average Bonchev–Trinajstić information content (AvgIpc) is 3.34. The lowest BCUT2D eigenvalue weighted by Gasteiger charge is -2.31. The number of rotatable bonds is 3. The molecule has 0 spiro atoms. The Morgan fingerprint density at radius 2 is 1.82 bits per heavy atom. The van der Waals surface area contributed by atoms with Crippen molar-refractivity contribution in [3.8, 4) is 5.82 Å². The zero-order valence-electron chi connectivity index (χ0n) is 15.4. The average molecular weight is 378 g/mol. The van der Waals surface area contributed by atoms with Gasteiger partial charge in [-0.1, -0.05) is 5.16 Å². The summed E-state index contributed by atoms with van der Waals surface area (Å²) in [5.41, 5.74) is 2.42. The van der Waals surface area contributed by atoms with Crippen molar-refractivity contribution in [1.29, 1.82) is 0 Å². The first kappa shape index (κ1) is 16.9. The quantitative estimate of drug-likeness (QED) is 0.542. The fraction of sp³-hybridized carbons (Fsp3) is 0.300. The Morgan fingerprint density at radius 1 is 1.04 bits per heavy atom. The van der Waals surface area contributed by atoms with Crippen molar-refractivity contribution in [3.63, 3.8) is 0 Å². The molecule has 28 heavy (non-hydrogen) atoms. The second-order valence-electron chi connectivity index (χ2n) is 7.12. The number of piperidine rings is 1. The number of fused-ring (bicyclic) bond motifs is 1. The predicted molar refractivity (Wildman–Crippen MR) is 102 cm³/mol. The second-order valence-corrected chi connectivity index (χ2v) is 7.12. The van der Waals surface area contributed by atoms with Crippen LogP contribution in [0.2, 0.25) is 0 Å². The van der Waals surface area contributed by atoms with E-state index in [1.165, 1.54) is 12.1 Å². The summed E-state index contributed by atoms with van der Waals surface area (Å²) in [6.07, 6.45) is 3.68. The number of halogens is 1. The molecular weight excluding hydrogens is 359 g/mol. The van der Waals surface area contributed by atoms with Crippen molar-refractivity contribution in [3.05, 3.63) is 59.8 Å². The van der Waals surface area contributed by atoms with E-state index in [-0.39, 0.29) is 11.7 Å². The number of hydrogen-bond donors (Lipinski definition) is 0. The van der Waals surface area contributed by atoms with Crippen LogP contribution < -0.4 is 4.90 Å². The first-order chi connectivity index (χ1) is 13.7. The molecule has 0 saturated carbocycles. The van der Waals surface area contributed by atoms with Crippen LogP contribution in [-0.4, -0.2) is 38.2 Å². The lowest BCUT2D eigenvalue weighted by atomic mass is 9.91. The minimum absolute atomic E-state index is 0.249. The van der Waals surface area contributed by atoms with Crippen LogP contribution in [0.3, 0.4) is 0 Å². The topological polar surface area (TPSA) is 72.9 Å². The van der Waals surface area contributed by atoms with Crippen molar-refractivity contribution in [2.24, 2.45) is 0 Å². The molecule has 0 bridgehead atoms. The third-order valence-electron chi connectivity index (χ3n) is 5.26. The van der Waals surface area contributed by atoms with Crippen LogP contribution in [0.15, 0.2) is 47.1 Å². The van der Waals surface area contributed by atoms with Crippen molar-refractivity contribution >= 4 is 16.8 Å². The van der Waals surface area contributed by atoms with Crippen LogP contribution in [0.25, 0.3) is 16.8 Å². The van der Waals surface area contributed by atoms with Crippen LogP contribution in [0, 0.1) is 12.7 Å². The fourth-order valence-electron chi connectivity index (χ4n) is 3.76. The van der Waals surface area contributed by atoms with Crippen LogP contribution >= 0.6 is 0 Å². The smallest absolute Gasteiger partial charge is 0.175 e. The normalized spacial score (nSPS) is 15.4. The number of nitrogens with zero attached hydrogens (tertiary/aromatic N) is 6. The molecule has 0 N–H and O–H groups in total. The lowest BCUT2D eigenvalue weighted by Crippen LogP contribution is -2.33. The van der Waals surface area contributed by atoms with E-state index in [0.29, 0.717) is 11.4 Å². The summed E-state index contributed by atoms with van der Waals surface area (Å²) < 4.78 is 20.7. The lowest BCUT2D eigenvalue weighted by molar-refractivity contribution is 0.416. The monoisotopic (exact) mass is 378 g/mol. The molecule has 1 saturated heterocycles. The maximum Gasteiger partial charge on any atom is 0.175 e. The summed E-state index contributed by atoms with van der Waals surface area (Å²) in [5.74, 6) is 1.53. The molecular formula is C20H19FN6O.